The number of nitrogens with one attached hydrogen (secondary N) is 1. The van der Waals surface area contributed by atoms with Crippen LogP contribution in [0.3, 0.4) is 0 Å². The molecule has 0 heterocycles. The van der Waals surface area contributed by atoms with Crippen LogP contribution < -0.4 is 11.2 Å². The van der Waals surface area contributed by atoms with Crippen LogP contribution in [0.25, 0.3) is 0 Å². The molecule has 3 rings (SSSR count). The minimum absolute atomic E-state index is 0.165. The van der Waals surface area contributed by atoms with Crippen LogP contribution in [-0.4, -0.2) is 29.0 Å². The molecule has 2 aromatic rings. The highest BCUT2D eigenvalue weighted by Crippen LogP contribution is 2.30. The van der Waals surface area contributed by atoms with Crippen LogP contribution in [0.5, 0.6) is 0 Å². The quantitative estimate of drug-likeness (QED) is 0.405. The maximum atomic E-state index is 12.5. The Bertz CT molecular complexity index is 987. The Kier molecular flexibility index (Phi) is 5.75. The summed E-state index contributed by atoms with van der Waals surface area (Å²) in [5, 5.41) is 15.4. The van der Waals surface area contributed by atoms with E-state index >= 15 is 0 Å². The molecule has 0 saturated heterocycles. The lowest BCUT2D eigenvalue weighted by atomic mass is 9.81. The third-order valence-electron chi connectivity index (χ3n) is 4.64. The zero-order valence-electron chi connectivity index (χ0n) is 14.8. The maximum Gasteiger partial charge on any atom is 0.304 e. The van der Waals surface area contributed by atoms with E-state index in [-0.39, 0.29) is 23.1 Å². The van der Waals surface area contributed by atoms with E-state index < -0.39 is 11.9 Å². The maximum absolute atomic E-state index is 12.5. The van der Waals surface area contributed by atoms with Crippen molar-refractivity contribution in [2.75, 3.05) is 5.32 Å². The SMILES string of the molecule is NN=Cc1ccc(C(=O)Nc2ccc3c(c2)CCC(CC(=O)O)C3=O)c(Cl)c1. The predicted octanol–water partition coefficient (Wildman–Crippen LogP) is 3.10. The van der Waals surface area contributed by atoms with Crippen LogP contribution >= 0.6 is 11.6 Å². The molecule has 1 atom stereocenters. The highest BCUT2D eigenvalue weighted by atomic mass is 35.5. The van der Waals surface area contributed by atoms with Gasteiger partial charge in [-0.05, 0) is 54.3 Å². The third kappa shape index (κ3) is 4.20. The molecule has 1 unspecified atom stereocenters. The monoisotopic (exact) mass is 399 g/mol. The molecule has 28 heavy (non-hydrogen) atoms. The van der Waals surface area contributed by atoms with E-state index in [0.717, 1.165) is 5.56 Å². The minimum Gasteiger partial charge on any atom is -0.481 e. The van der Waals surface area contributed by atoms with Gasteiger partial charge >= 0.3 is 5.97 Å². The van der Waals surface area contributed by atoms with E-state index in [2.05, 4.69) is 10.4 Å². The Balaban J connectivity index is 1.77. The number of hydrogen-bond acceptors (Lipinski definition) is 5. The summed E-state index contributed by atoms with van der Waals surface area (Å²) < 4.78 is 0. The molecule has 1 aliphatic rings. The standard InChI is InChI=1S/C20H18ClN3O4/c21-17-7-11(10-23-22)1-5-16(17)20(28)24-14-4-6-15-12(8-14)2-3-13(19(15)27)9-18(25)26/h1,4-8,10,13H,2-3,9,22H2,(H,24,28)(H,25,26). The zero-order valence-corrected chi connectivity index (χ0v) is 15.6. The van der Waals surface area contributed by atoms with E-state index in [9.17, 15) is 14.4 Å². The predicted molar refractivity (Wildman–Crippen MR) is 106 cm³/mol. The van der Waals surface area contributed by atoms with Gasteiger partial charge < -0.3 is 16.3 Å². The van der Waals surface area contributed by atoms with E-state index in [0.29, 0.717) is 35.2 Å². The van der Waals surface area contributed by atoms with Crippen LogP contribution in [0.1, 0.15) is 44.7 Å². The van der Waals surface area contributed by atoms with Crippen LogP contribution in [-0.2, 0) is 11.2 Å². The number of amides is 1. The molecule has 1 aliphatic carbocycles. The Morgan fingerprint density at radius 1 is 1.29 bits per heavy atom. The lowest BCUT2D eigenvalue weighted by molar-refractivity contribution is -0.137. The molecule has 0 aromatic heterocycles. The fourth-order valence-corrected chi connectivity index (χ4v) is 3.56. The summed E-state index contributed by atoms with van der Waals surface area (Å²) in [5.74, 6) is 3.07. The Labute approximate surface area is 166 Å². The van der Waals surface area contributed by atoms with Crippen molar-refractivity contribution < 1.29 is 19.5 Å². The normalized spacial score (nSPS) is 16.0. The van der Waals surface area contributed by atoms with Crippen molar-refractivity contribution in [2.24, 2.45) is 16.9 Å². The number of carboxylic acids is 1. The number of hydrogen-bond donors (Lipinski definition) is 3. The number of aryl methyl sites for hydroxylation is 1. The van der Waals surface area contributed by atoms with Gasteiger partial charge in [0, 0.05) is 17.2 Å². The van der Waals surface area contributed by atoms with Crippen molar-refractivity contribution in [2.45, 2.75) is 19.3 Å². The molecule has 8 heteroatoms. The summed E-state index contributed by atoms with van der Waals surface area (Å²) in [6, 6.07) is 9.83. The number of nitrogens with zero attached hydrogens (tertiary/aromatic N) is 1. The number of fused-ring (bicyclic) bond motifs is 1. The van der Waals surface area contributed by atoms with Crippen molar-refractivity contribution >= 4 is 41.2 Å². The van der Waals surface area contributed by atoms with Gasteiger partial charge in [0.1, 0.15) is 0 Å². The van der Waals surface area contributed by atoms with Gasteiger partial charge in [-0.3, -0.25) is 14.4 Å². The number of hydrazone groups is 1. The summed E-state index contributed by atoms with van der Waals surface area (Å²) >= 11 is 6.16. The van der Waals surface area contributed by atoms with Crippen LogP contribution in [0.2, 0.25) is 5.02 Å². The number of halogens is 1. The summed E-state index contributed by atoms with van der Waals surface area (Å²) in [4.78, 5) is 35.9. The second-order valence-corrected chi connectivity index (χ2v) is 6.95. The third-order valence-corrected chi connectivity index (χ3v) is 4.96. The number of carboxylic acid groups (broad SMARTS) is 1. The lowest BCUT2D eigenvalue weighted by Crippen LogP contribution is -2.25. The first kappa shape index (κ1) is 19.6. The average molecular weight is 400 g/mol. The molecule has 144 valence electrons. The smallest absolute Gasteiger partial charge is 0.304 e. The number of carbonyl (C=O) groups excluding carboxylic acids is 2. The first-order valence-corrected chi connectivity index (χ1v) is 9.00. The van der Waals surface area contributed by atoms with Crippen molar-refractivity contribution in [1.82, 2.24) is 0 Å². The number of nitrogens with two attached hydrogens (primary N) is 1. The fraction of sp³-hybridized carbons (Fsp3) is 0.200. The summed E-state index contributed by atoms with van der Waals surface area (Å²) in [5.41, 5.74) is 2.82. The molecule has 0 saturated carbocycles. The van der Waals surface area contributed by atoms with E-state index in [1.165, 1.54) is 6.21 Å². The second kappa shape index (κ2) is 8.22. The van der Waals surface area contributed by atoms with Gasteiger partial charge in [0.05, 0.1) is 23.2 Å². The summed E-state index contributed by atoms with van der Waals surface area (Å²) in [7, 11) is 0. The van der Waals surface area contributed by atoms with Gasteiger partial charge in [0.2, 0.25) is 0 Å². The van der Waals surface area contributed by atoms with Gasteiger partial charge in [-0.2, -0.15) is 5.10 Å². The first-order chi connectivity index (χ1) is 13.4. The molecule has 0 radical (unpaired) electrons. The molecule has 7 nitrogen and oxygen atoms in total. The molecule has 0 fully saturated rings. The molecule has 0 bridgehead atoms. The van der Waals surface area contributed by atoms with Crippen LogP contribution in [0.4, 0.5) is 5.69 Å². The number of aliphatic carboxylic acids is 1. The number of ketones is 1. The van der Waals surface area contributed by atoms with Crippen molar-refractivity contribution in [3.63, 3.8) is 0 Å². The Morgan fingerprint density at radius 3 is 2.75 bits per heavy atom. The number of Topliss-reactive ketones (excluding diaryl/α,β-unsaturated/α-hetero) is 1. The lowest BCUT2D eigenvalue weighted by Gasteiger charge is -2.22. The van der Waals surface area contributed by atoms with Crippen LogP contribution in [0.15, 0.2) is 41.5 Å². The molecular formula is C20H18ClN3O4. The Morgan fingerprint density at radius 2 is 2.07 bits per heavy atom. The number of benzene rings is 2. The molecule has 0 spiro atoms. The molecule has 0 aliphatic heterocycles. The van der Waals surface area contributed by atoms with Gasteiger partial charge in [0.25, 0.3) is 5.91 Å². The minimum atomic E-state index is -0.980. The molecule has 4 N–H and O–H groups in total. The average Bonchev–Trinajstić information content (AvgIpc) is 2.64. The van der Waals surface area contributed by atoms with Crippen molar-refractivity contribution in [3.05, 3.63) is 63.7 Å². The largest absolute Gasteiger partial charge is 0.481 e. The first-order valence-electron chi connectivity index (χ1n) is 8.62. The van der Waals surface area contributed by atoms with Gasteiger partial charge in [-0.25, -0.2) is 0 Å². The second-order valence-electron chi connectivity index (χ2n) is 6.54. The molecular weight excluding hydrogens is 382 g/mol. The van der Waals surface area contributed by atoms with Gasteiger partial charge in [-0.1, -0.05) is 17.7 Å². The summed E-state index contributed by atoms with van der Waals surface area (Å²) in [6.07, 6.45) is 2.31. The van der Waals surface area contributed by atoms with Crippen molar-refractivity contribution in [3.8, 4) is 0 Å². The van der Waals surface area contributed by atoms with Crippen molar-refractivity contribution in [1.29, 1.82) is 0 Å². The zero-order chi connectivity index (χ0) is 20.3. The number of rotatable bonds is 5. The van der Waals surface area contributed by atoms with Gasteiger partial charge in [-0.15, -0.1) is 0 Å². The Hall–Kier alpha value is -3.19. The van der Waals surface area contributed by atoms with E-state index in [1.807, 2.05) is 0 Å². The molecule has 2 aromatic carbocycles. The number of carbonyl (C=O) groups is 3. The fourth-order valence-electron chi connectivity index (χ4n) is 3.29. The topological polar surface area (TPSA) is 122 Å². The highest BCUT2D eigenvalue weighted by Gasteiger charge is 2.29. The van der Waals surface area contributed by atoms with E-state index in [1.54, 1.807) is 36.4 Å². The van der Waals surface area contributed by atoms with Crippen LogP contribution in [0, 0.1) is 5.92 Å². The highest BCUT2D eigenvalue weighted by molar-refractivity contribution is 6.34. The number of anilines is 1. The summed E-state index contributed by atoms with van der Waals surface area (Å²) in [6.45, 7) is 0. The van der Waals surface area contributed by atoms with Gasteiger partial charge in [0.15, 0.2) is 5.78 Å². The van der Waals surface area contributed by atoms with E-state index in [4.69, 9.17) is 22.6 Å². The molecule has 1 amide bonds.